The molecule has 2 aliphatic carbocycles. The molecule has 0 aromatic heterocycles. The molecule has 3 fully saturated rings. The van der Waals surface area contributed by atoms with E-state index in [1.807, 2.05) is 0 Å². The van der Waals surface area contributed by atoms with Crippen LogP contribution >= 0.6 is 0 Å². The number of carbonyl (C=O) groups is 1. The maximum Gasteiger partial charge on any atom is 0.411 e. The van der Waals surface area contributed by atoms with Crippen molar-refractivity contribution in [2.75, 3.05) is 20.1 Å². The van der Waals surface area contributed by atoms with E-state index in [1.54, 1.807) is 0 Å². The average molecular weight is 248 g/mol. The number of rotatable bonds is 2. The lowest BCUT2D eigenvalue weighted by atomic mass is 10.1. The number of carbonyl (C=O) groups excluding carboxylic acids is 1. The zero-order chi connectivity index (χ0) is 12.4. The number of piperidine rings is 1. The summed E-state index contributed by atoms with van der Waals surface area (Å²) in [5.74, 6) is 0.0698. The SMILES string of the molecule is CN(C(=O)C1C2CNC[C@H]21)C1(C(F)(F)F)CC1. The van der Waals surface area contributed by atoms with E-state index in [2.05, 4.69) is 5.32 Å². The molecule has 1 heterocycles. The van der Waals surface area contributed by atoms with Gasteiger partial charge >= 0.3 is 6.18 Å². The lowest BCUT2D eigenvalue weighted by Crippen LogP contribution is -2.50. The van der Waals surface area contributed by atoms with Gasteiger partial charge in [0.2, 0.25) is 5.91 Å². The van der Waals surface area contributed by atoms with Crippen molar-refractivity contribution < 1.29 is 18.0 Å². The van der Waals surface area contributed by atoms with E-state index in [9.17, 15) is 18.0 Å². The molecular weight excluding hydrogens is 233 g/mol. The van der Waals surface area contributed by atoms with Crippen molar-refractivity contribution in [3.05, 3.63) is 0 Å². The fraction of sp³-hybridized carbons (Fsp3) is 0.909. The van der Waals surface area contributed by atoms with Gasteiger partial charge in [-0.1, -0.05) is 0 Å². The van der Waals surface area contributed by atoms with E-state index in [4.69, 9.17) is 0 Å². The van der Waals surface area contributed by atoms with Crippen molar-refractivity contribution in [2.45, 2.75) is 24.6 Å². The average Bonchev–Trinajstić information content (AvgIpc) is 3.13. The van der Waals surface area contributed by atoms with E-state index >= 15 is 0 Å². The number of nitrogens with zero attached hydrogens (tertiary/aromatic N) is 1. The third-order valence-corrected chi connectivity index (χ3v) is 4.60. The molecule has 2 saturated carbocycles. The van der Waals surface area contributed by atoms with Crippen molar-refractivity contribution >= 4 is 5.91 Å². The maximum absolute atomic E-state index is 12.9. The highest BCUT2D eigenvalue weighted by Crippen LogP contribution is 2.56. The normalized spacial score (nSPS) is 37.5. The Morgan fingerprint density at radius 3 is 2.24 bits per heavy atom. The monoisotopic (exact) mass is 248 g/mol. The summed E-state index contributed by atoms with van der Waals surface area (Å²) in [5, 5.41) is 3.14. The van der Waals surface area contributed by atoms with Gasteiger partial charge in [-0.05, 0) is 37.8 Å². The number of halogens is 3. The third kappa shape index (κ3) is 1.42. The van der Waals surface area contributed by atoms with Gasteiger partial charge in [-0.2, -0.15) is 13.2 Å². The summed E-state index contributed by atoms with van der Waals surface area (Å²) < 4.78 is 38.6. The molecule has 1 aliphatic heterocycles. The molecule has 17 heavy (non-hydrogen) atoms. The van der Waals surface area contributed by atoms with Crippen molar-refractivity contribution in [1.29, 1.82) is 0 Å². The second-order valence-corrected chi connectivity index (χ2v) is 5.44. The topological polar surface area (TPSA) is 32.3 Å². The number of amides is 1. The van der Waals surface area contributed by atoms with E-state index in [0.717, 1.165) is 18.0 Å². The Morgan fingerprint density at radius 2 is 1.82 bits per heavy atom. The van der Waals surface area contributed by atoms with Crippen LogP contribution in [0.2, 0.25) is 0 Å². The van der Waals surface area contributed by atoms with E-state index in [0.29, 0.717) is 0 Å². The summed E-state index contributed by atoms with van der Waals surface area (Å²) in [6.07, 6.45) is -4.18. The van der Waals surface area contributed by atoms with Crippen LogP contribution in [0, 0.1) is 17.8 Å². The predicted molar refractivity (Wildman–Crippen MR) is 54.1 cm³/mol. The molecule has 3 atom stereocenters. The molecule has 6 heteroatoms. The van der Waals surface area contributed by atoms with Crippen LogP contribution in [0.15, 0.2) is 0 Å². The van der Waals surface area contributed by atoms with Crippen molar-refractivity contribution in [3.8, 4) is 0 Å². The van der Waals surface area contributed by atoms with Gasteiger partial charge in [0.25, 0.3) is 0 Å². The van der Waals surface area contributed by atoms with Crippen LogP contribution in [0.3, 0.4) is 0 Å². The molecule has 0 bridgehead atoms. The first-order chi connectivity index (χ1) is 7.88. The van der Waals surface area contributed by atoms with Gasteiger partial charge in [0.1, 0.15) is 5.54 Å². The van der Waals surface area contributed by atoms with Gasteiger partial charge in [0, 0.05) is 13.0 Å². The number of hydrogen-bond acceptors (Lipinski definition) is 2. The minimum absolute atomic E-state index is 0.0546. The standard InChI is InChI=1S/C11H15F3N2O/c1-16(10(2-3-10)11(12,13)14)9(17)8-6-4-15-5-7(6)8/h6-8,15H,2-5H2,1H3/t6-,7?,8?/m1/s1. The summed E-state index contributed by atoms with van der Waals surface area (Å²) in [6, 6.07) is 0. The minimum atomic E-state index is -4.29. The Bertz CT molecular complexity index is 354. The number of hydrogen-bond donors (Lipinski definition) is 1. The quantitative estimate of drug-likeness (QED) is 0.791. The molecule has 1 N–H and O–H groups in total. The van der Waals surface area contributed by atoms with Crippen LogP contribution in [0.5, 0.6) is 0 Å². The molecule has 3 rings (SSSR count). The van der Waals surface area contributed by atoms with Gasteiger partial charge in [-0.15, -0.1) is 0 Å². The molecule has 0 aromatic carbocycles. The highest BCUT2D eigenvalue weighted by atomic mass is 19.4. The van der Waals surface area contributed by atoms with Gasteiger partial charge < -0.3 is 10.2 Å². The summed E-state index contributed by atoms with van der Waals surface area (Å²) in [7, 11) is 1.31. The van der Waals surface area contributed by atoms with Crippen LogP contribution in [-0.2, 0) is 4.79 Å². The molecule has 2 unspecified atom stereocenters. The van der Waals surface area contributed by atoms with E-state index in [1.165, 1.54) is 7.05 Å². The van der Waals surface area contributed by atoms with Crippen LogP contribution < -0.4 is 5.32 Å². The molecule has 3 nitrogen and oxygen atoms in total. The molecule has 1 amide bonds. The molecule has 0 spiro atoms. The Kier molecular flexibility index (Phi) is 2.10. The number of nitrogens with one attached hydrogen (secondary N) is 1. The van der Waals surface area contributed by atoms with Crippen LogP contribution in [0.1, 0.15) is 12.8 Å². The fourth-order valence-electron chi connectivity index (χ4n) is 3.15. The Balaban J connectivity index is 1.71. The van der Waals surface area contributed by atoms with Gasteiger partial charge in [-0.25, -0.2) is 0 Å². The summed E-state index contributed by atoms with van der Waals surface area (Å²) in [5.41, 5.74) is -1.85. The summed E-state index contributed by atoms with van der Waals surface area (Å²) >= 11 is 0. The zero-order valence-corrected chi connectivity index (χ0v) is 9.55. The Hall–Kier alpha value is -0.780. The van der Waals surface area contributed by atoms with Crippen molar-refractivity contribution in [2.24, 2.45) is 17.8 Å². The van der Waals surface area contributed by atoms with E-state index < -0.39 is 11.7 Å². The highest BCUT2D eigenvalue weighted by molar-refractivity contribution is 5.83. The highest BCUT2D eigenvalue weighted by Gasteiger charge is 2.69. The molecule has 0 radical (unpaired) electrons. The minimum Gasteiger partial charge on any atom is -0.331 e. The second-order valence-electron chi connectivity index (χ2n) is 5.44. The van der Waals surface area contributed by atoms with Crippen LogP contribution in [0.4, 0.5) is 13.2 Å². The van der Waals surface area contributed by atoms with Crippen molar-refractivity contribution in [1.82, 2.24) is 10.2 Å². The maximum atomic E-state index is 12.9. The third-order valence-electron chi connectivity index (χ3n) is 4.60. The number of fused-ring (bicyclic) bond motifs is 1. The molecule has 96 valence electrons. The molecule has 0 aromatic rings. The first kappa shape index (κ1) is 11.3. The van der Waals surface area contributed by atoms with Crippen molar-refractivity contribution in [3.63, 3.8) is 0 Å². The lowest BCUT2D eigenvalue weighted by molar-refractivity contribution is -0.197. The fourth-order valence-corrected chi connectivity index (χ4v) is 3.15. The Morgan fingerprint density at radius 1 is 1.29 bits per heavy atom. The van der Waals surface area contributed by atoms with E-state index in [-0.39, 0.29) is 36.5 Å². The van der Waals surface area contributed by atoms with Gasteiger partial charge in [0.05, 0.1) is 0 Å². The Labute approximate surface area is 97.3 Å². The number of alkyl halides is 3. The van der Waals surface area contributed by atoms with Crippen LogP contribution in [-0.4, -0.2) is 42.7 Å². The van der Waals surface area contributed by atoms with Crippen LogP contribution in [0.25, 0.3) is 0 Å². The van der Waals surface area contributed by atoms with Gasteiger partial charge in [0.15, 0.2) is 0 Å². The van der Waals surface area contributed by atoms with Gasteiger partial charge in [-0.3, -0.25) is 4.79 Å². The first-order valence-corrected chi connectivity index (χ1v) is 5.93. The zero-order valence-electron chi connectivity index (χ0n) is 9.55. The lowest BCUT2D eigenvalue weighted by Gasteiger charge is -2.30. The summed E-state index contributed by atoms with van der Waals surface area (Å²) in [4.78, 5) is 13.0. The molecule has 3 aliphatic rings. The smallest absolute Gasteiger partial charge is 0.331 e. The first-order valence-electron chi connectivity index (χ1n) is 5.93. The summed E-state index contributed by atoms with van der Waals surface area (Å²) in [6.45, 7) is 1.54. The largest absolute Gasteiger partial charge is 0.411 e. The second kappa shape index (κ2) is 3.16. The molecular formula is C11H15F3N2O. The molecule has 1 saturated heterocycles. The predicted octanol–water partition coefficient (Wildman–Crippen LogP) is 1.01.